The first-order chi connectivity index (χ1) is 11.0. The van der Waals surface area contributed by atoms with Crippen LogP contribution in [-0.2, 0) is 7.05 Å². The number of hydrogen-bond acceptors (Lipinski definition) is 5. The fourth-order valence-electron chi connectivity index (χ4n) is 2.29. The SMILES string of the molecule is Cc1nc(-c2cc(C(=O)NCC(O)c3ccco3)n(C)c2)cs1. The number of aliphatic hydroxyl groups is 1. The number of amides is 1. The van der Waals surface area contributed by atoms with Crippen LogP contribution in [0.5, 0.6) is 0 Å². The molecule has 1 atom stereocenters. The number of hydrogen-bond donors (Lipinski definition) is 2. The predicted octanol–water partition coefficient (Wildman–Crippen LogP) is 2.51. The minimum absolute atomic E-state index is 0.0860. The van der Waals surface area contributed by atoms with E-state index < -0.39 is 6.10 Å². The van der Waals surface area contributed by atoms with Crippen molar-refractivity contribution in [1.29, 1.82) is 0 Å². The van der Waals surface area contributed by atoms with Crippen molar-refractivity contribution in [2.45, 2.75) is 13.0 Å². The molecule has 0 aliphatic heterocycles. The van der Waals surface area contributed by atoms with Crippen LogP contribution in [0.2, 0.25) is 0 Å². The first kappa shape index (κ1) is 15.5. The highest BCUT2D eigenvalue weighted by Crippen LogP contribution is 2.23. The zero-order valence-corrected chi connectivity index (χ0v) is 13.6. The van der Waals surface area contributed by atoms with Crippen molar-refractivity contribution in [1.82, 2.24) is 14.9 Å². The number of nitrogens with one attached hydrogen (secondary N) is 1. The monoisotopic (exact) mass is 331 g/mol. The van der Waals surface area contributed by atoms with Crippen molar-refractivity contribution in [3.63, 3.8) is 0 Å². The maximum Gasteiger partial charge on any atom is 0.268 e. The maximum atomic E-state index is 12.3. The Labute approximate surface area is 137 Å². The Kier molecular flexibility index (Phi) is 4.31. The molecule has 6 nitrogen and oxygen atoms in total. The minimum atomic E-state index is -0.866. The van der Waals surface area contributed by atoms with E-state index >= 15 is 0 Å². The van der Waals surface area contributed by atoms with E-state index in [1.54, 1.807) is 41.2 Å². The number of aromatic nitrogens is 2. The molecule has 1 amide bonds. The van der Waals surface area contributed by atoms with Gasteiger partial charge in [0.1, 0.15) is 17.6 Å². The van der Waals surface area contributed by atoms with Crippen LogP contribution in [0.15, 0.2) is 40.5 Å². The highest BCUT2D eigenvalue weighted by molar-refractivity contribution is 7.09. The number of carbonyl (C=O) groups is 1. The van der Waals surface area contributed by atoms with Gasteiger partial charge < -0.3 is 19.4 Å². The van der Waals surface area contributed by atoms with E-state index in [2.05, 4.69) is 10.3 Å². The first-order valence-electron chi connectivity index (χ1n) is 7.13. The topological polar surface area (TPSA) is 80.3 Å². The number of nitrogens with zero attached hydrogens (tertiary/aromatic N) is 2. The number of aryl methyl sites for hydroxylation is 2. The summed E-state index contributed by atoms with van der Waals surface area (Å²) >= 11 is 1.57. The van der Waals surface area contributed by atoms with Gasteiger partial charge in [0.2, 0.25) is 0 Å². The standard InChI is InChI=1S/C16H17N3O3S/c1-10-18-12(9-23-10)11-6-13(19(2)8-11)16(21)17-7-14(20)15-4-3-5-22-15/h3-6,8-9,14,20H,7H2,1-2H3,(H,17,21). The average Bonchev–Trinajstić information content (AvgIpc) is 3.24. The molecule has 23 heavy (non-hydrogen) atoms. The molecule has 0 aromatic carbocycles. The highest BCUT2D eigenvalue weighted by Gasteiger charge is 2.16. The lowest BCUT2D eigenvalue weighted by Gasteiger charge is -2.09. The molecule has 2 N–H and O–H groups in total. The molecule has 7 heteroatoms. The van der Waals surface area contributed by atoms with E-state index in [9.17, 15) is 9.90 Å². The second-order valence-corrected chi connectivity index (χ2v) is 6.28. The summed E-state index contributed by atoms with van der Waals surface area (Å²) in [5.41, 5.74) is 2.27. The van der Waals surface area contributed by atoms with Gasteiger partial charge in [-0.2, -0.15) is 0 Å². The number of rotatable bonds is 5. The molecule has 0 saturated carbocycles. The largest absolute Gasteiger partial charge is 0.467 e. The van der Waals surface area contributed by atoms with Crippen molar-refractivity contribution < 1.29 is 14.3 Å². The molecule has 3 rings (SSSR count). The summed E-state index contributed by atoms with van der Waals surface area (Å²) in [7, 11) is 1.81. The van der Waals surface area contributed by atoms with E-state index in [0.717, 1.165) is 16.3 Å². The molecule has 0 aliphatic rings. The summed E-state index contributed by atoms with van der Waals surface area (Å²) in [5.74, 6) is 0.173. The Morgan fingerprint density at radius 1 is 1.57 bits per heavy atom. The van der Waals surface area contributed by atoms with Crippen molar-refractivity contribution >= 4 is 17.2 Å². The Bertz CT molecular complexity index is 805. The number of aliphatic hydroxyl groups excluding tert-OH is 1. The maximum absolute atomic E-state index is 12.3. The molecular formula is C16H17N3O3S. The van der Waals surface area contributed by atoms with E-state index in [1.165, 1.54) is 6.26 Å². The van der Waals surface area contributed by atoms with Crippen LogP contribution in [0, 0.1) is 6.92 Å². The molecule has 120 valence electrons. The van der Waals surface area contributed by atoms with Gasteiger partial charge in [-0.15, -0.1) is 11.3 Å². The smallest absolute Gasteiger partial charge is 0.268 e. The van der Waals surface area contributed by atoms with Gasteiger partial charge in [-0.25, -0.2) is 4.98 Å². The Hall–Kier alpha value is -2.38. The van der Waals surface area contributed by atoms with Crippen molar-refractivity contribution in [2.24, 2.45) is 7.05 Å². The number of furan rings is 1. The van der Waals surface area contributed by atoms with Crippen LogP contribution in [0.25, 0.3) is 11.3 Å². The third kappa shape index (κ3) is 3.35. The second-order valence-electron chi connectivity index (χ2n) is 5.22. The van der Waals surface area contributed by atoms with Gasteiger partial charge in [0.05, 0.1) is 23.5 Å². The van der Waals surface area contributed by atoms with Crippen LogP contribution >= 0.6 is 11.3 Å². The zero-order valence-electron chi connectivity index (χ0n) is 12.8. The lowest BCUT2D eigenvalue weighted by Crippen LogP contribution is -2.29. The number of carbonyl (C=O) groups excluding carboxylic acids is 1. The van der Waals surface area contributed by atoms with E-state index in [-0.39, 0.29) is 12.5 Å². The normalized spacial score (nSPS) is 12.3. The van der Waals surface area contributed by atoms with Crippen molar-refractivity contribution in [2.75, 3.05) is 6.54 Å². The summed E-state index contributed by atoms with van der Waals surface area (Å²) in [6.45, 7) is 2.03. The van der Waals surface area contributed by atoms with Crippen LogP contribution in [0.3, 0.4) is 0 Å². The Morgan fingerprint density at radius 3 is 3.04 bits per heavy atom. The van der Waals surface area contributed by atoms with Gasteiger partial charge >= 0.3 is 0 Å². The van der Waals surface area contributed by atoms with Crippen molar-refractivity contribution in [3.8, 4) is 11.3 Å². The summed E-state index contributed by atoms with van der Waals surface area (Å²) in [6, 6.07) is 5.16. The minimum Gasteiger partial charge on any atom is -0.467 e. The van der Waals surface area contributed by atoms with Crippen molar-refractivity contribution in [3.05, 3.63) is 52.5 Å². The van der Waals surface area contributed by atoms with Gasteiger partial charge in [-0.1, -0.05) is 0 Å². The van der Waals surface area contributed by atoms with Crippen LogP contribution in [-0.4, -0.2) is 27.1 Å². The third-order valence-electron chi connectivity index (χ3n) is 3.48. The van der Waals surface area contributed by atoms with Gasteiger partial charge in [-0.3, -0.25) is 4.79 Å². The molecule has 3 heterocycles. The quantitative estimate of drug-likeness (QED) is 0.753. The summed E-state index contributed by atoms with van der Waals surface area (Å²) in [4.78, 5) is 16.7. The summed E-state index contributed by atoms with van der Waals surface area (Å²) in [5, 5.41) is 15.6. The van der Waals surface area contributed by atoms with Gasteiger partial charge in [0.15, 0.2) is 0 Å². The lowest BCUT2D eigenvalue weighted by molar-refractivity contribution is 0.0893. The molecule has 3 aromatic heterocycles. The molecule has 0 bridgehead atoms. The fourth-order valence-corrected chi connectivity index (χ4v) is 2.91. The first-order valence-corrected chi connectivity index (χ1v) is 8.01. The van der Waals surface area contributed by atoms with E-state index in [0.29, 0.717) is 11.5 Å². The highest BCUT2D eigenvalue weighted by atomic mass is 32.1. The lowest BCUT2D eigenvalue weighted by atomic mass is 10.2. The molecule has 3 aromatic rings. The van der Waals surface area contributed by atoms with Gasteiger partial charge in [0, 0.05) is 24.2 Å². The molecule has 0 spiro atoms. The van der Waals surface area contributed by atoms with E-state index in [4.69, 9.17) is 4.42 Å². The molecular weight excluding hydrogens is 314 g/mol. The average molecular weight is 331 g/mol. The zero-order chi connectivity index (χ0) is 16.4. The molecule has 0 fully saturated rings. The Morgan fingerprint density at radius 2 is 2.39 bits per heavy atom. The van der Waals surface area contributed by atoms with Gasteiger partial charge in [-0.05, 0) is 25.1 Å². The molecule has 1 unspecified atom stereocenters. The van der Waals surface area contributed by atoms with Crippen LogP contribution in [0.1, 0.15) is 27.4 Å². The fraction of sp³-hybridized carbons (Fsp3) is 0.250. The van der Waals surface area contributed by atoms with Crippen LogP contribution < -0.4 is 5.32 Å². The predicted molar refractivity (Wildman–Crippen MR) is 87.3 cm³/mol. The molecule has 0 radical (unpaired) electrons. The Balaban J connectivity index is 1.69. The second kappa shape index (κ2) is 6.39. The molecule has 0 saturated heterocycles. The van der Waals surface area contributed by atoms with Crippen LogP contribution in [0.4, 0.5) is 0 Å². The number of thiazole rings is 1. The molecule has 0 aliphatic carbocycles. The summed E-state index contributed by atoms with van der Waals surface area (Å²) < 4.78 is 6.86. The third-order valence-corrected chi connectivity index (χ3v) is 4.25. The van der Waals surface area contributed by atoms with Gasteiger partial charge in [0.25, 0.3) is 5.91 Å². The summed E-state index contributed by atoms with van der Waals surface area (Å²) in [6.07, 6.45) is 2.49. The van der Waals surface area contributed by atoms with E-state index in [1.807, 2.05) is 18.5 Å².